The van der Waals surface area contributed by atoms with E-state index in [4.69, 9.17) is 0 Å². The predicted octanol–water partition coefficient (Wildman–Crippen LogP) is 7.26. The molecule has 1 heterocycles. The van der Waals surface area contributed by atoms with Crippen LogP contribution in [0.25, 0.3) is 21.7 Å². The SMILES string of the molecule is Fc1ccc(-c2nc(Nc3ccc(OC(F)(F)F)cc3)sc2-c2ccccc2)cc1. The van der Waals surface area contributed by atoms with Gasteiger partial charge in [0.1, 0.15) is 11.6 Å². The summed E-state index contributed by atoms with van der Waals surface area (Å²) in [5.74, 6) is -0.640. The van der Waals surface area contributed by atoms with Crippen molar-refractivity contribution >= 4 is 22.2 Å². The third-order valence-electron chi connectivity index (χ3n) is 4.12. The lowest BCUT2D eigenvalue weighted by Crippen LogP contribution is -2.16. The van der Waals surface area contributed by atoms with Crippen molar-refractivity contribution in [1.29, 1.82) is 0 Å². The molecule has 0 fully saturated rings. The first-order valence-electron chi connectivity index (χ1n) is 8.82. The highest BCUT2D eigenvalue weighted by Gasteiger charge is 2.31. The van der Waals surface area contributed by atoms with Crippen LogP contribution in [-0.2, 0) is 0 Å². The van der Waals surface area contributed by atoms with Crippen LogP contribution < -0.4 is 10.1 Å². The Morgan fingerprint density at radius 3 is 2.10 bits per heavy atom. The van der Waals surface area contributed by atoms with E-state index in [1.807, 2.05) is 30.3 Å². The molecule has 0 saturated carbocycles. The number of aromatic nitrogens is 1. The minimum atomic E-state index is -4.74. The molecular formula is C22H14F4N2OS. The van der Waals surface area contributed by atoms with E-state index in [1.165, 1.54) is 47.7 Å². The van der Waals surface area contributed by atoms with Gasteiger partial charge in [-0.25, -0.2) is 9.37 Å². The first kappa shape index (κ1) is 19.9. The smallest absolute Gasteiger partial charge is 0.406 e. The lowest BCUT2D eigenvalue weighted by atomic mass is 10.1. The zero-order chi connectivity index (χ0) is 21.1. The van der Waals surface area contributed by atoms with Crippen LogP contribution in [-0.4, -0.2) is 11.3 Å². The van der Waals surface area contributed by atoms with Crippen LogP contribution in [0.4, 0.5) is 28.4 Å². The van der Waals surface area contributed by atoms with E-state index in [2.05, 4.69) is 15.0 Å². The molecule has 30 heavy (non-hydrogen) atoms. The van der Waals surface area contributed by atoms with Crippen molar-refractivity contribution < 1.29 is 22.3 Å². The second-order valence-corrected chi connectivity index (χ2v) is 7.27. The lowest BCUT2D eigenvalue weighted by molar-refractivity contribution is -0.274. The van der Waals surface area contributed by atoms with Gasteiger partial charge in [0.05, 0.1) is 10.6 Å². The Labute approximate surface area is 173 Å². The molecular weight excluding hydrogens is 416 g/mol. The molecule has 3 aromatic carbocycles. The van der Waals surface area contributed by atoms with E-state index < -0.39 is 6.36 Å². The molecule has 1 aromatic heterocycles. The number of ether oxygens (including phenoxy) is 1. The van der Waals surface area contributed by atoms with Gasteiger partial charge in [-0.3, -0.25) is 0 Å². The minimum absolute atomic E-state index is 0.302. The molecule has 0 aliphatic rings. The van der Waals surface area contributed by atoms with Crippen LogP contribution in [0, 0.1) is 5.82 Å². The highest BCUT2D eigenvalue weighted by molar-refractivity contribution is 7.19. The number of hydrogen-bond donors (Lipinski definition) is 1. The second kappa shape index (κ2) is 8.16. The van der Waals surface area contributed by atoms with Gasteiger partial charge in [-0.15, -0.1) is 13.2 Å². The van der Waals surface area contributed by atoms with Crippen LogP contribution in [0.5, 0.6) is 5.75 Å². The molecule has 4 aromatic rings. The fraction of sp³-hybridized carbons (Fsp3) is 0.0455. The highest BCUT2D eigenvalue weighted by Crippen LogP contribution is 2.40. The van der Waals surface area contributed by atoms with Crippen molar-refractivity contribution in [3.63, 3.8) is 0 Å². The maximum atomic E-state index is 13.3. The molecule has 4 rings (SSSR count). The van der Waals surface area contributed by atoms with Crippen molar-refractivity contribution in [3.8, 4) is 27.4 Å². The predicted molar refractivity (Wildman–Crippen MR) is 109 cm³/mol. The second-order valence-electron chi connectivity index (χ2n) is 6.27. The van der Waals surface area contributed by atoms with Gasteiger partial charge in [0.2, 0.25) is 0 Å². The van der Waals surface area contributed by atoms with Gasteiger partial charge >= 0.3 is 6.36 Å². The maximum Gasteiger partial charge on any atom is 0.573 e. The van der Waals surface area contributed by atoms with Crippen LogP contribution in [0.2, 0.25) is 0 Å². The van der Waals surface area contributed by atoms with Gasteiger partial charge in [-0.05, 0) is 54.1 Å². The lowest BCUT2D eigenvalue weighted by Gasteiger charge is -2.09. The maximum absolute atomic E-state index is 13.3. The Balaban J connectivity index is 1.65. The van der Waals surface area contributed by atoms with Crippen molar-refractivity contribution in [2.24, 2.45) is 0 Å². The number of halogens is 4. The van der Waals surface area contributed by atoms with Crippen molar-refractivity contribution in [2.45, 2.75) is 6.36 Å². The molecule has 0 aliphatic carbocycles. The minimum Gasteiger partial charge on any atom is -0.406 e. The van der Waals surface area contributed by atoms with Gasteiger partial charge in [0.25, 0.3) is 0 Å². The summed E-state index contributed by atoms with van der Waals surface area (Å²) in [4.78, 5) is 5.53. The molecule has 0 saturated heterocycles. The Hall–Kier alpha value is -3.39. The Bertz CT molecular complexity index is 1120. The number of benzene rings is 3. The average molecular weight is 430 g/mol. The third kappa shape index (κ3) is 4.77. The van der Waals surface area contributed by atoms with Gasteiger partial charge in [-0.2, -0.15) is 0 Å². The number of nitrogens with one attached hydrogen (secondary N) is 1. The number of anilines is 2. The molecule has 0 aliphatic heterocycles. The van der Waals surface area contributed by atoms with Crippen LogP contribution >= 0.6 is 11.3 Å². The fourth-order valence-corrected chi connectivity index (χ4v) is 3.84. The van der Waals surface area contributed by atoms with Crippen molar-refractivity contribution in [1.82, 2.24) is 4.98 Å². The molecule has 0 atom stereocenters. The number of alkyl halides is 3. The van der Waals surface area contributed by atoms with Gasteiger partial charge < -0.3 is 10.1 Å². The molecule has 0 amide bonds. The summed E-state index contributed by atoms with van der Waals surface area (Å²) in [5.41, 5.74) is 2.96. The number of thiazole rings is 1. The number of hydrogen-bond acceptors (Lipinski definition) is 4. The molecule has 152 valence electrons. The van der Waals surface area contributed by atoms with E-state index in [-0.39, 0.29) is 11.6 Å². The Morgan fingerprint density at radius 1 is 0.800 bits per heavy atom. The third-order valence-corrected chi connectivity index (χ3v) is 5.14. The van der Waals surface area contributed by atoms with Crippen LogP contribution in [0.1, 0.15) is 0 Å². The number of nitrogens with zero attached hydrogens (tertiary/aromatic N) is 1. The summed E-state index contributed by atoms with van der Waals surface area (Å²) in [6, 6.07) is 21.1. The summed E-state index contributed by atoms with van der Waals surface area (Å²) < 4.78 is 54.2. The van der Waals surface area contributed by atoms with Gasteiger partial charge in [0.15, 0.2) is 5.13 Å². The first-order valence-corrected chi connectivity index (χ1v) is 9.64. The molecule has 1 N–H and O–H groups in total. The summed E-state index contributed by atoms with van der Waals surface area (Å²) in [6.07, 6.45) is -4.74. The highest BCUT2D eigenvalue weighted by atomic mass is 32.1. The van der Waals surface area contributed by atoms with E-state index in [1.54, 1.807) is 12.1 Å². The van der Waals surface area contributed by atoms with E-state index in [0.717, 1.165) is 16.0 Å². The molecule has 0 bridgehead atoms. The summed E-state index contributed by atoms with van der Waals surface area (Å²) >= 11 is 1.39. The normalized spacial score (nSPS) is 11.3. The van der Waals surface area contributed by atoms with Crippen LogP contribution in [0.3, 0.4) is 0 Å². The summed E-state index contributed by atoms with van der Waals surface area (Å²) in [6.45, 7) is 0. The summed E-state index contributed by atoms with van der Waals surface area (Å²) in [7, 11) is 0. The standard InChI is InChI=1S/C22H14F4N2OS/c23-16-8-6-14(7-9-16)19-20(15-4-2-1-3-5-15)30-21(28-19)27-17-10-12-18(13-11-17)29-22(24,25)26/h1-13H,(H,27,28). The molecule has 8 heteroatoms. The molecule has 3 nitrogen and oxygen atoms in total. The Kier molecular flexibility index (Phi) is 5.41. The molecule has 0 spiro atoms. The van der Waals surface area contributed by atoms with E-state index in [9.17, 15) is 17.6 Å². The average Bonchev–Trinajstić information content (AvgIpc) is 3.13. The molecule has 0 unspecified atom stereocenters. The summed E-state index contributed by atoms with van der Waals surface area (Å²) in [5, 5.41) is 3.66. The monoisotopic (exact) mass is 430 g/mol. The van der Waals surface area contributed by atoms with Crippen LogP contribution in [0.15, 0.2) is 78.9 Å². The first-order chi connectivity index (χ1) is 14.4. The quantitative estimate of drug-likeness (QED) is 0.338. The zero-order valence-electron chi connectivity index (χ0n) is 15.3. The van der Waals surface area contributed by atoms with Gasteiger partial charge in [-0.1, -0.05) is 41.7 Å². The number of rotatable bonds is 5. The Morgan fingerprint density at radius 2 is 1.47 bits per heavy atom. The zero-order valence-corrected chi connectivity index (χ0v) is 16.1. The molecule has 0 radical (unpaired) electrons. The van der Waals surface area contributed by atoms with Crippen molar-refractivity contribution in [3.05, 3.63) is 84.7 Å². The van der Waals surface area contributed by atoms with Crippen molar-refractivity contribution in [2.75, 3.05) is 5.32 Å². The van der Waals surface area contributed by atoms with Gasteiger partial charge in [0, 0.05) is 11.3 Å². The largest absolute Gasteiger partial charge is 0.573 e. The van der Waals surface area contributed by atoms with E-state index in [0.29, 0.717) is 16.5 Å². The topological polar surface area (TPSA) is 34.2 Å². The van der Waals surface area contributed by atoms with E-state index >= 15 is 0 Å². The fourth-order valence-electron chi connectivity index (χ4n) is 2.83.